The highest BCUT2D eigenvalue weighted by molar-refractivity contribution is 8.05. The van der Waals surface area contributed by atoms with Gasteiger partial charge in [0.25, 0.3) is 5.91 Å². The van der Waals surface area contributed by atoms with E-state index >= 15 is 0 Å². The molecule has 1 aliphatic rings. The zero-order chi connectivity index (χ0) is 24.8. The van der Waals surface area contributed by atoms with Crippen molar-refractivity contribution in [2.24, 2.45) is 0 Å². The summed E-state index contributed by atoms with van der Waals surface area (Å²) in [7, 11) is 0. The van der Waals surface area contributed by atoms with Gasteiger partial charge in [-0.1, -0.05) is 83.5 Å². The second-order valence-corrected chi connectivity index (χ2v) is 9.86. The number of aryl methyl sites for hydroxylation is 1. The summed E-state index contributed by atoms with van der Waals surface area (Å²) in [5.74, 6) is -0.642. The molecule has 1 N–H and O–H groups in total. The SMILES string of the molecule is Cc1ccc(N2C(=O)[C@H](Cc3ccc(Cl)cc3)S/C2=C(/C#N)C(=O)NCCc2ccccc2)cc1. The molecule has 1 atom stereocenters. The molecule has 1 fully saturated rings. The molecular formula is C28H24ClN3O2S. The topological polar surface area (TPSA) is 73.2 Å². The van der Waals surface area contributed by atoms with Crippen molar-refractivity contribution < 1.29 is 9.59 Å². The number of nitriles is 1. The largest absolute Gasteiger partial charge is 0.351 e. The molecule has 1 saturated heterocycles. The molecule has 0 radical (unpaired) electrons. The number of nitrogens with zero attached hydrogens (tertiary/aromatic N) is 2. The van der Waals surface area contributed by atoms with Crippen molar-refractivity contribution >= 4 is 40.9 Å². The highest BCUT2D eigenvalue weighted by Crippen LogP contribution is 2.42. The Morgan fingerprint density at radius 2 is 1.71 bits per heavy atom. The van der Waals surface area contributed by atoms with E-state index in [-0.39, 0.29) is 11.5 Å². The van der Waals surface area contributed by atoms with Crippen LogP contribution in [0, 0.1) is 18.3 Å². The Kier molecular flexibility index (Phi) is 7.91. The number of carbonyl (C=O) groups is 2. The summed E-state index contributed by atoms with van der Waals surface area (Å²) in [6.07, 6.45) is 1.11. The third kappa shape index (κ3) is 5.94. The molecule has 35 heavy (non-hydrogen) atoms. The van der Waals surface area contributed by atoms with Gasteiger partial charge < -0.3 is 5.32 Å². The van der Waals surface area contributed by atoms with Crippen LogP contribution in [-0.4, -0.2) is 23.6 Å². The minimum Gasteiger partial charge on any atom is -0.351 e. The normalized spacial score (nSPS) is 16.7. The molecule has 0 aliphatic carbocycles. The molecule has 0 aromatic heterocycles. The van der Waals surface area contributed by atoms with E-state index in [0.29, 0.717) is 35.1 Å². The lowest BCUT2D eigenvalue weighted by molar-refractivity contribution is -0.117. The minimum atomic E-state index is -0.483. The number of halogens is 1. The van der Waals surface area contributed by atoms with Crippen LogP contribution < -0.4 is 10.2 Å². The molecule has 7 heteroatoms. The first kappa shape index (κ1) is 24.6. The van der Waals surface area contributed by atoms with Crippen LogP contribution in [0.5, 0.6) is 0 Å². The summed E-state index contributed by atoms with van der Waals surface area (Å²) in [5.41, 5.74) is 3.67. The van der Waals surface area contributed by atoms with Gasteiger partial charge in [0.15, 0.2) is 0 Å². The molecule has 3 aromatic rings. The first-order valence-corrected chi connectivity index (χ1v) is 12.5. The Morgan fingerprint density at radius 1 is 1.03 bits per heavy atom. The molecule has 176 valence electrons. The van der Waals surface area contributed by atoms with Crippen molar-refractivity contribution in [2.75, 3.05) is 11.4 Å². The first-order valence-electron chi connectivity index (χ1n) is 11.2. The van der Waals surface area contributed by atoms with Crippen LogP contribution in [0.25, 0.3) is 0 Å². The van der Waals surface area contributed by atoms with Crippen molar-refractivity contribution in [3.05, 3.63) is 111 Å². The Bertz CT molecular complexity index is 1280. The van der Waals surface area contributed by atoms with Crippen LogP contribution in [0.4, 0.5) is 5.69 Å². The standard InChI is InChI=1S/C28H24ClN3O2S/c1-19-7-13-23(14-8-19)32-27(34)25(17-21-9-11-22(29)12-10-21)35-28(32)24(18-30)26(33)31-16-15-20-5-3-2-4-6-20/h2-14,25H,15-17H2,1H3,(H,31,33)/b28-24-/t25-/m0/s1. The minimum absolute atomic E-state index is 0.0596. The van der Waals surface area contributed by atoms with Crippen LogP contribution >= 0.6 is 23.4 Å². The Balaban J connectivity index is 1.61. The predicted molar refractivity (Wildman–Crippen MR) is 141 cm³/mol. The number of thioether (sulfide) groups is 1. The van der Waals surface area contributed by atoms with E-state index < -0.39 is 11.2 Å². The monoisotopic (exact) mass is 501 g/mol. The van der Waals surface area contributed by atoms with Gasteiger partial charge in [0.2, 0.25) is 5.91 Å². The lowest BCUT2D eigenvalue weighted by Crippen LogP contribution is -2.32. The predicted octanol–water partition coefficient (Wildman–Crippen LogP) is 5.43. The van der Waals surface area contributed by atoms with Crippen LogP contribution in [0.2, 0.25) is 5.02 Å². The molecule has 0 spiro atoms. The number of anilines is 1. The maximum absolute atomic E-state index is 13.5. The molecule has 1 aliphatic heterocycles. The third-order valence-electron chi connectivity index (χ3n) is 5.67. The second-order valence-electron chi connectivity index (χ2n) is 8.23. The van der Waals surface area contributed by atoms with E-state index in [4.69, 9.17) is 11.6 Å². The number of rotatable bonds is 7. The number of nitrogens with one attached hydrogen (secondary N) is 1. The molecule has 1 heterocycles. The van der Waals surface area contributed by atoms with Gasteiger partial charge in [0, 0.05) is 17.3 Å². The van der Waals surface area contributed by atoms with Crippen LogP contribution in [0.1, 0.15) is 16.7 Å². The quantitative estimate of drug-likeness (QED) is 0.346. The summed E-state index contributed by atoms with van der Waals surface area (Å²) in [5, 5.41) is 13.3. The fourth-order valence-corrected chi connectivity index (χ4v) is 5.24. The Morgan fingerprint density at radius 3 is 2.37 bits per heavy atom. The van der Waals surface area contributed by atoms with Gasteiger partial charge in [-0.2, -0.15) is 5.26 Å². The van der Waals surface area contributed by atoms with Gasteiger partial charge in [-0.25, -0.2) is 0 Å². The summed E-state index contributed by atoms with van der Waals surface area (Å²) in [6.45, 7) is 2.35. The summed E-state index contributed by atoms with van der Waals surface area (Å²) in [6, 6.07) is 26.7. The number of benzene rings is 3. The zero-order valence-corrected chi connectivity index (χ0v) is 20.8. The van der Waals surface area contributed by atoms with E-state index in [1.807, 2.05) is 73.7 Å². The molecule has 0 unspecified atom stereocenters. The van der Waals surface area contributed by atoms with Gasteiger partial charge in [-0.15, -0.1) is 0 Å². The first-order chi connectivity index (χ1) is 17.0. The van der Waals surface area contributed by atoms with Gasteiger partial charge in [0.1, 0.15) is 16.7 Å². The van der Waals surface area contributed by atoms with Crippen molar-refractivity contribution in [2.45, 2.75) is 25.0 Å². The van der Waals surface area contributed by atoms with E-state index in [2.05, 4.69) is 11.4 Å². The van der Waals surface area contributed by atoms with E-state index in [0.717, 1.165) is 16.7 Å². The van der Waals surface area contributed by atoms with Crippen LogP contribution in [-0.2, 0) is 22.4 Å². The number of amides is 2. The Labute approximate surface area is 214 Å². The second kappa shape index (κ2) is 11.3. The molecule has 4 rings (SSSR count). The highest BCUT2D eigenvalue weighted by atomic mass is 35.5. The van der Waals surface area contributed by atoms with Gasteiger partial charge in [0.05, 0.1) is 5.25 Å². The zero-order valence-electron chi connectivity index (χ0n) is 19.2. The summed E-state index contributed by atoms with van der Waals surface area (Å²) in [4.78, 5) is 28.1. The average Bonchev–Trinajstić information content (AvgIpc) is 3.17. The number of hydrogen-bond acceptors (Lipinski definition) is 4. The maximum Gasteiger partial charge on any atom is 0.264 e. The van der Waals surface area contributed by atoms with Crippen molar-refractivity contribution in [1.82, 2.24) is 5.32 Å². The molecule has 5 nitrogen and oxygen atoms in total. The maximum atomic E-state index is 13.5. The van der Waals surface area contributed by atoms with Crippen molar-refractivity contribution in [1.29, 1.82) is 5.26 Å². The highest BCUT2D eigenvalue weighted by Gasteiger charge is 2.40. The molecule has 0 bridgehead atoms. The van der Waals surface area contributed by atoms with Crippen LogP contribution in [0.15, 0.2) is 89.5 Å². The van der Waals surface area contributed by atoms with Crippen molar-refractivity contribution in [3.8, 4) is 6.07 Å². The lowest BCUT2D eigenvalue weighted by Gasteiger charge is -2.19. The smallest absolute Gasteiger partial charge is 0.264 e. The Hall–Kier alpha value is -3.53. The van der Waals surface area contributed by atoms with Crippen LogP contribution in [0.3, 0.4) is 0 Å². The van der Waals surface area contributed by atoms with E-state index in [1.165, 1.54) is 16.7 Å². The summed E-state index contributed by atoms with van der Waals surface area (Å²) < 4.78 is 0. The molecule has 3 aromatic carbocycles. The average molecular weight is 502 g/mol. The third-order valence-corrected chi connectivity index (χ3v) is 7.19. The van der Waals surface area contributed by atoms with Gasteiger partial charge >= 0.3 is 0 Å². The number of hydrogen-bond donors (Lipinski definition) is 1. The van der Waals surface area contributed by atoms with Gasteiger partial charge in [-0.05, 0) is 55.2 Å². The van der Waals surface area contributed by atoms with Gasteiger partial charge in [-0.3, -0.25) is 14.5 Å². The molecule has 0 saturated carbocycles. The van der Waals surface area contributed by atoms with E-state index in [9.17, 15) is 14.9 Å². The molecular weight excluding hydrogens is 478 g/mol. The molecule has 2 amide bonds. The van der Waals surface area contributed by atoms with Crippen molar-refractivity contribution in [3.63, 3.8) is 0 Å². The number of carbonyl (C=O) groups excluding carboxylic acids is 2. The summed E-state index contributed by atoms with van der Waals surface area (Å²) >= 11 is 7.26. The van der Waals surface area contributed by atoms with E-state index in [1.54, 1.807) is 12.1 Å². The fourth-order valence-electron chi connectivity index (χ4n) is 3.80. The lowest BCUT2D eigenvalue weighted by atomic mass is 10.1. The fraction of sp³-hybridized carbons (Fsp3) is 0.179.